The lowest BCUT2D eigenvalue weighted by Gasteiger charge is -2.11. The number of alkyl halides is 6. The number of carbonyl (C=O) groups is 1. The third-order valence-electron chi connectivity index (χ3n) is 2.72. The second kappa shape index (κ2) is 7.92. The smallest absolute Gasteiger partial charge is 0.433 e. The minimum absolute atomic E-state index is 0.0522. The van der Waals surface area contributed by atoms with Crippen LogP contribution in [0.4, 0.5) is 36.8 Å². The van der Waals surface area contributed by atoms with Gasteiger partial charge in [-0.2, -0.15) is 31.3 Å². The minimum Gasteiger partial charge on any atom is -0.434 e. The molecule has 1 rings (SSSR count). The lowest BCUT2D eigenvalue weighted by atomic mass is 10.2. The van der Waals surface area contributed by atoms with Gasteiger partial charge in [0.2, 0.25) is 5.75 Å². The molecule has 27 heavy (non-hydrogen) atoms. The van der Waals surface area contributed by atoms with Crippen molar-refractivity contribution in [3.63, 3.8) is 0 Å². The molecule has 3 N–H and O–H groups in total. The number of nitro groups is 1. The van der Waals surface area contributed by atoms with Gasteiger partial charge in [0.15, 0.2) is 11.6 Å². The Bertz CT molecular complexity index is 801. The van der Waals surface area contributed by atoms with Crippen molar-refractivity contribution >= 4 is 17.4 Å². The van der Waals surface area contributed by atoms with Crippen LogP contribution >= 0.6 is 0 Å². The number of hydrogen-bond acceptors (Lipinski definition) is 5. The summed E-state index contributed by atoms with van der Waals surface area (Å²) >= 11 is 0. The fourth-order valence-corrected chi connectivity index (χ4v) is 1.56. The van der Waals surface area contributed by atoms with Crippen molar-refractivity contribution in [2.45, 2.75) is 12.4 Å². The Labute approximate surface area is 146 Å². The molecule has 0 saturated carbocycles. The molecule has 1 aromatic carbocycles. The molecule has 0 heterocycles. The molecule has 0 aliphatic rings. The van der Waals surface area contributed by atoms with Gasteiger partial charge >= 0.3 is 24.1 Å². The lowest BCUT2D eigenvalue weighted by molar-refractivity contribution is -0.386. The maximum absolute atomic E-state index is 12.8. The zero-order chi connectivity index (χ0) is 21.0. The standard InChI is InChI=1S/C13H10F6N4O4/c1-21-11(24)22-9(13(17,18)19)5-10(20)27-8-3-2-6(12(14,15)16)4-7(8)23(25)26/h2-5H,20H2,1H3,(H,21,24). The largest absolute Gasteiger partial charge is 0.434 e. The van der Waals surface area contributed by atoms with Crippen molar-refractivity contribution in [1.29, 1.82) is 0 Å². The maximum Gasteiger partial charge on any atom is 0.433 e. The van der Waals surface area contributed by atoms with Crippen LogP contribution in [0.5, 0.6) is 5.75 Å². The second-order valence-corrected chi connectivity index (χ2v) is 4.64. The van der Waals surface area contributed by atoms with Gasteiger partial charge in [0.1, 0.15) is 0 Å². The Morgan fingerprint density at radius 2 is 1.89 bits per heavy atom. The topological polar surface area (TPSA) is 120 Å². The zero-order valence-electron chi connectivity index (χ0n) is 13.2. The average Bonchev–Trinajstić information content (AvgIpc) is 2.52. The van der Waals surface area contributed by atoms with Gasteiger partial charge in [-0.15, -0.1) is 0 Å². The van der Waals surface area contributed by atoms with E-state index in [0.717, 1.165) is 7.05 Å². The van der Waals surface area contributed by atoms with Crippen LogP contribution in [0.1, 0.15) is 5.56 Å². The second-order valence-electron chi connectivity index (χ2n) is 4.64. The van der Waals surface area contributed by atoms with Gasteiger partial charge in [0.25, 0.3) is 0 Å². The number of aliphatic imine (C=N–C) groups is 1. The summed E-state index contributed by atoms with van der Waals surface area (Å²) in [7, 11) is 1.01. The van der Waals surface area contributed by atoms with Crippen molar-refractivity contribution in [3.8, 4) is 5.75 Å². The van der Waals surface area contributed by atoms with E-state index in [4.69, 9.17) is 5.73 Å². The summed E-state index contributed by atoms with van der Waals surface area (Å²) in [6.07, 6.45) is -9.97. The highest BCUT2D eigenvalue weighted by atomic mass is 19.4. The van der Waals surface area contributed by atoms with E-state index in [1.807, 2.05) is 0 Å². The number of nitrogens with one attached hydrogen (secondary N) is 1. The van der Waals surface area contributed by atoms with Gasteiger partial charge in [-0.05, 0) is 12.1 Å². The number of nitrogens with zero attached hydrogens (tertiary/aromatic N) is 2. The van der Waals surface area contributed by atoms with Gasteiger partial charge < -0.3 is 15.8 Å². The van der Waals surface area contributed by atoms with E-state index in [9.17, 15) is 41.3 Å². The molecule has 0 atom stereocenters. The number of nitrogens with two attached hydrogens (primary N) is 1. The number of nitro benzene ring substituents is 1. The van der Waals surface area contributed by atoms with E-state index < -0.39 is 51.9 Å². The Morgan fingerprint density at radius 1 is 1.30 bits per heavy atom. The van der Waals surface area contributed by atoms with Crippen LogP contribution in [0.25, 0.3) is 0 Å². The highest BCUT2D eigenvalue weighted by Crippen LogP contribution is 2.36. The Morgan fingerprint density at radius 3 is 2.33 bits per heavy atom. The normalized spacial score (nSPS) is 13.3. The summed E-state index contributed by atoms with van der Waals surface area (Å²) < 4.78 is 80.9. The predicted octanol–water partition coefficient (Wildman–Crippen LogP) is 3.14. The fraction of sp³-hybridized carbons (Fsp3) is 0.231. The predicted molar refractivity (Wildman–Crippen MR) is 78.9 cm³/mol. The van der Waals surface area contributed by atoms with Crippen LogP contribution in [-0.2, 0) is 6.18 Å². The number of ether oxygens (including phenoxy) is 1. The van der Waals surface area contributed by atoms with Gasteiger partial charge in [0.05, 0.1) is 10.5 Å². The number of carbonyl (C=O) groups excluding carboxylic acids is 1. The van der Waals surface area contributed by atoms with E-state index in [0.29, 0.717) is 12.1 Å². The number of benzene rings is 1. The molecule has 0 unspecified atom stereocenters. The maximum atomic E-state index is 12.8. The summed E-state index contributed by atoms with van der Waals surface area (Å²) in [5, 5.41) is 12.7. The number of hydrogen-bond donors (Lipinski definition) is 2. The van der Waals surface area contributed by atoms with E-state index in [1.54, 1.807) is 5.32 Å². The van der Waals surface area contributed by atoms with Crippen LogP contribution in [0.3, 0.4) is 0 Å². The van der Waals surface area contributed by atoms with Crippen molar-refractivity contribution in [2.24, 2.45) is 10.7 Å². The average molecular weight is 400 g/mol. The third kappa shape index (κ3) is 6.16. The van der Waals surface area contributed by atoms with Crippen molar-refractivity contribution < 1.29 is 40.8 Å². The molecule has 0 fully saturated rings. The molecule has 0 spiro atoms. The SMILES string of the molecule is CNC(=O)N=C(C=C(N)Oc1ccc(C(F)(F)F)cc1[N+](=O)[O-])C(F)(F)F. The molecular weight excluding hydrogens is 390 g/mol. The minimum atomic E-state index is -5.13. The van der Waals surface area contributed by atoms with Crippen molar-refractivity contribution in [2.75, 3.05) is 7.05 Å². The molecule has 0 saturated heterocycles. The number of amides is 2. The van der Waals surface area contributed by atoms with E-state index in [2.05, 4.69) is 9.73 Å². The number of rotatable bonds is 4. The van der Waals surface area contributed by atoms with Crippen LogP contribution in [0, 0.1) is 10.1 Å². The van der Waals surface area contributed by atoms with Gasteiger partial charge in [-0.3, -0.25) is 10.1 Å². The van der Waals surface area contributed by atoms with Gasteiger partial charge in [0, 0.05) is 19.2 Å². The van der Waals surface area contributed by atoms with E-state index in [-0.39, 0.29) is 12.1 Å². The first-order valence-corrected chi connectivity index (χ1v) is 6.64. The van der Waals surface area contributed by atoms with Crippen LogP contribution in [-0.4, -0.2) is 29.9 Å². The molecule has 0 bridgehead atoms. The first kappa shape index (κ1) is 21.7. The van der Waals surface area contributed by atoms with Crippen molar-refractivity contribution in [1.82, 2.24) is 5.32 Å². The highest BCUT2D eigenvalue weighted by Gasteiger charge is 2.36. The van der Waals surface area contributed by atoms with Crippen molar-refractivity contribution in [3.05, 3.63) is 45.8 Å². The molecule has 148 valence electrons. The molecule has 0 aliphatic heterocycles. The van der Waals surface area contributed by atoms with Gasteiger partial charge in [-0.25, -0.2) is 4.79 Å². The number of allylic oxidation sites excluding steroid dienone is 1. The van der Waals surface area contributed by atoms with E-state index in [1.165, 1.54) is 0 Å². The highest BCUT2D eigenvalue weighted by molar-refractivity contribution is 6.05. The Balaban J connectivity index is 3.29. The summed E-state index contributed by atoms with van der Waals surface area (Å²) in [6, 6.07) is -0.304. The zero-order valence-corrected chi connectivity index (χ0v) is 13.2. The Kier molecular flexibility index (Phi) is 6.37. The Hall–Kier alpha value is -3.32. The number of halogens is 6. The van der Waals surface area contributed by atoms with Gasteiger partial charge in [-0.1, -0.05) is 0 Å². The van der Waals surface area contributed by atoms with Crippen LogP contribution < -0.4 is 15.8 Å². The first-order chi connectivity index (χ1) is 12.3. The third-order valence-corrected chi connectivity index (χ3v) is 2.72. The van der Waals surface area contributed by atoms with Crippen LogP contribution in [0.15, 0.2) is 35.2 Å². The van der Waals surface area contributed by atoms with E-state index >= 15 is 0 Å². The monoisotopic (exact) mass is 400 g/mol. The summed E-state index contributed by atoms with van der Waals surface area (Å²) in [6.45, 7) is 0. The first-order valence-electron chi connectivity index (χ1n) is 6.64. The molecule has 0 aromatic heterocycles. The molecule has 2 amide bonds. The van der Waals surface area contributed by atoms with Crippen LogP contribution in [0.2, 0.25) is 0 Å². The molecule has 0 radical (unpaired) electrons. The summed E-state index contributed by atoms with van der Waals surface area (Å²) in [5.41, 5.74) is 0.841. The quantitative estimate of drug-likeness (QED) is 0.265. The molecule has 1 aromatic rings. The molecular formula is C13H10F6N4O4. The summed E-state index contributed by atoms with van der Waals surface area (Å²) in [5.74, 6) is -1.94. The fourth-order valence-electron chi connectivity index (χ4n) is 1.56. The molecule has 14 heteroatoms. The number of urea groups is 1. The molecule has 8 nitrogen and oxygen atoms in total. The molecule has 0 aliphatic carbocycles. The summed E-state index contributed by atoms with van der Waals surface area (Å²) in [4.78, 5) is 23.3. The lowest BCUT2D eigenvalue weighted by Crippen LogP contribution is -2.26.